The van der Waals surface area contributed by atoms with Gasteiger partial charge in [0, 0.05) is 26.3 Å². The van der Waals surface area contributed by atoms with Gasteiger partial charge in [0.2, 0.25) is 5.95 Å². The number of carbonyl (C=O) groups is 1. The fourth-order valence-corrected chi connectivity index (χ4v) is 7.62. The number of anilines is 2. The Morgan fingerprint density at radius 3 is 2.40 bits per heavy atom. The van der Waals surface area contributed by atoms with Crippen molar-refractivity contribution in [1.29, 1.82) is 0 Å². The van der Waals surface area contributed by atoms with Gasteiger partial charge in [-0.3, -0.25) is 37.3 Å². The Morgan fingerprint density at radius 2 is 1.72 bits per heavy atom. The fraction of sp³-hybridized carbons (Fsp3) is 0.615. The summed E-state index contributed by atoms with van der Waals surface area (Å²) in [6.07, 6.45) is -8.55. The van der Waals surface area contributed by atoms with Crippen LogP contribution in [-0.2, 0) is 41.7 Å². The number of hydrogen-bond acceptors (Lipinski definition) is 18. The highest BCUT2D eigenvalue weighted by molar-refractivity contribution is 7.51. The van der Waals surface area contributed by atoms with Crippen LogP contribution in [0.4, 0.5) is 11.8 Å². The van der Waals surface area contributed by atoms with Gasteiger partial charge in [0.15, 0.2) is 23.6 Å². The molecule has 0 spiro atoms. The normalized spacial score (nSPS) is 27.3. The zero-order valence-corrected chi connectivity index (χ0v) is 29.6. The average molecular weight is 796 g/mol. The molecule has 0 aliphatic carbocycles. The molecule has 53 heavy (non-hydrogen) atoms. The molecular weight excluding hydrogens is 756 g/mol. The third kappa shape index (κ3) is 9.71. The Hall–Kier alpha value is -3.68. The fourth-order valence-electron chi connectivity index (χ4n) is 5.70. The second-order valence-corrected chi connectivity index (χ2v) is 14.9. The number of unbranched alkanes of at least 4 members (excludes halogenated alkanes) is 2. The van der Waals surface area contributed by atoms with Gasteiger partial charge in [-0.15, -0.1) is 0 Å². The number of aromatic nitrogens is 6. The number of aliphatic carboxylic acids is 1. The minimum Gasteiger partial charge on any atom is -0.481 e. The zero-order chi connectivity index (χ0) is 38.7. The molecule has 9 atom stereocenters. The number of fused-ring (bicyclic) bond motifs is 1. The van der Waals surface area contributed by atoms with Crippen LogP contribution < -0.4 is 27.8 Å². The first-order chi connectivity index (χ1) is 25.0. The SMILES string of the molecule is CO[C@@H]1[C@H](O[P@](=O)(NCCCCCC(=O)O)OC[C@H]2O[C@@H](n3ccc(N)nc3=O)[C@H](O)[C@@H]2O)[C@@H](COP(=O)(O)O)O[C@H]1n1cnc2c(=O)[nH]c(N)nc21. The van der Waals surface area contributed by atoms with Crippen LogP contribution in [0.3, 0.4) is 0 Å². The molecule has 2 saturated heterocycles. The number of carboxylic acid groups (broad SMARTS) is 1. The highest BCUT2D eigenvalue weighted by Crippen LogP contribution is 2.51. The molecule has 0 saturated carbocycles. The number of carboxylic acids is 1. The van der Waals surface area contributed by atoms with E-state index in [1.54, 1.807) is 0 Å². The number of H-pyrrole nitrogens is 1. The van der Waals surface area contributed by atoms with Gasteiger partial charge >= 0.3 is 27.2 Å². The van der Waals surface area contributed by atoms with Gasteiger partial charge < -0.3 is 50.8 Å². The first-order valence-electron chi connectivity index (χ1n) is 15.9. The number of nitrogens with two attached hydrogens (primary N) is 2. The molecule has 5 rings (SSSR count). The van der Waals surface area contributed by atoms with E-state index >= 15 is 0 Å². The molecule has 3 aromatic rings. The molecule has 0 unspecified atom stereocenters. The Bertz CT molecular complexity index is 1970. The van der Waals surface area contributed by atoms with Gasteiger partial charge in [-0.2, -0.15) is 9.97 Å². The first kappa shape index (κ1) is 40.5. The van der Waals surface area contributed by atoms with Crippen molar-refractivity contribution in [2.75, 3.05) is 38.3 Å². The van der Waals surface area contributed by atoms with Crippen molar-refractivity contribution in [3.63, 3.8) is 0 Å². The summed E-state index contributed by atoms with van der Waals surface area (Å²) in [6.45, 7) is -1.63. The largest absolute Gasteiger partial charge is 0.481 e. The van der Waals surface area contributed by atoms with E-state index in [1.807, 2.05) is 0 Å². The van der Waals surface area contributed by atoms with Gasteiger partial charge in [-0.05, 0) is 18.9 Å². The number of aliphatic hydroxyl groups is 2. The highest BCUT2D eigenvalue weighted by atomic mass is 31.2. The van der Waals surface area contributed by atoms with Crippen LogP contribution in [0, 0.1) is 0 Å². The maximum Gasteiger partial charge on any atom is 0.469 e. The summed E-state index contributed by atoms with van der Waals surface area (Å²) in [5, 5.41) is 33.0. The quantitative estimate of drug-likeness (QED) is 0.0493. The second-order valence-electron chi connectivity index (χ2n) is 11.9. The molecule has 3 aromatic heterocycles. The maximum absolute atomic E-state index is 14.5. The van der Waals surface area contributed by atoms with Crippen molar-refractivity contribution in [2.45, 2.75) is 74.8 Å². The molecule has 0 bridgehead atoms. The van der Waals surface area contributed by atoms with Crippen LogP contribution in [0.15, 0.2) is 28.2 Å². The Balaban J connectivity index is 1.41. The maximum atomic E-state index is 14.5. The number of methoxy groups -OCH3 is 1. The number of nitrogens with one attached hydrogen (secondary N) is 2. The van der Waals surface area contributed by atoms with Gasteiger partial charge in [0.1, 0.15) is 42.4 Å². The summed E-state index contributed by atoms with van der Waals surface area (Å²) in [7, 11) is -8.50. The molecule has 0 radical (unpaired) electrons. The van der Waals surface area contributed by atoms with E-state index in [9.17, 15) is 43.5 Å². The van der Waals surface area contributed by atoms with E-state index in [-0.39, 0.29) is 42.3 Å². The Morgan fingerprint density at radius 1 is 1.00 bits per heavy atom. The number of imidazole rings is 1. The first-order valence-corrected chi connectivity index (χ1v) is 18.9. The van der Waals surface area contributed by atoms with Crippen LogP contribution in [0.2, 0.25) is 0 Å². The lowest BCUT2D eigenvalue weighted by atomic mass is 10.1. The van der Waals surface area contributed by atoms with Gasteiger partial charge in [0.05, 0.1) is 19.5 Å². The predicted octanol–water partition coefficient (Wildman–Crippen LogP) is -2.07. The van der Waals surface area contributed by atoms with E-state index in [1.165, 1.54) is 30.3 Å². The van der Waals surface area contributed by atoms with Crippen molar-refractivity contribution < 1.29 is 66.8 Å². The van der Waals surface area contributed by atoms with Crippen molar-refractivity contribution in [3.05, 3.63) is 39.4 Å². The molecule has 2 fully saturated rings. The molecule has 2 aliphatic heterocycles. The summed E-state index contributed by atoms with van der Waals surface area (Å²) in [6, 6.07) is 1.27. The van der Waals surface area contributed by atoms with E-state index < -0.39 is 95.1 Å². The number of phosphoric acid groups is 1. The lowest BCUT2D eigenvalue weighted by molar-refractivity contribution is -0.137. The topological polar surface area (TPSA) is 370 Å². The molecular formula is C26H39N9O16P2. The Labute approximate surface area is 298 Å². The number of aliphatic hydroxyl groups excluding tert-OH is 2. The van der Waals surface area contributed by atoms with Gasteiger partial charge in [-0.25, -0.2) is 24.0 Å². The molecule has 2 aliphatic rings. The van der Waals surface area contributed by atoms with E-state index in [2.05, 4.69) is 25.0 Å². The van der Waals surface area contributed by atoms with Crippen molar-refractivity contribution in [3.8, 4) is 0 Å². The number of hydrogen-bond donors (Lipinski definition) is 9. The van der Waals surface area contributed by atoms with Crippen LogP contribution in [0.1, 0.15) is 38.1 Å². The highest BCUT2D eigenvalue weighted by Gasteiger charge is 2.52. The molecule has 25 nitrogen and oxygen atoms in total. The minimum atomic E-state index is -5.10. The minimum absolute atomic E-state index is 0.0663. The number of nitrogens with zero attached hydrogens (tertiary/aromatic N) is 5. The van der Waals surface area contributed by atoms with Gasteiger partial charge in [0.25, 0.3) is 5.56 Å². The van der Waals surface area contributed by atoms with Crippen molar-refractivity contribution in [2.24, 2.45) is 0 Å². The standard InChI is InChI=1S/C26H39N9O16P2/c1-46-20-19(13(10-48-53(43,44)45)50-24(20)35-11-29-16-21(35)32-25(28)33-22(16)40)51-52(42,30-7-4-2-3-5-15(36)37)47-9-12-17(38)18(39)23(49-12)34-8-6-14(27)31-26(34)41/h6,8,11-13,17-20,23-24,38-39H,2-5,7,9-10H2,1H3,(H,30,42)(H,36,37)(H2,27,31,41)(H2,43,44,45)(H3,28,32,33,40)/t12-,13-,17-,18-,19-,20-,23-,24-,52+/m1/s1. The number of rotatable bonds is 18. The summed E-state index contributed by atoms with van der Waals surface area (Å²) in [5.74, 6) is -1.36. The van der Waals surface area contributed by atoms with E-state index in [0.717, 1.165) is 4.57 Å². The molecule has 27 heteroatoms. The molecule has 0 amide bonds. The van der Waals surface area contributed by atoms with Crippen LogP contribution in [0.25, 0.3) is 11.2 Å². The summed E-state index contributed by atoms with van der Waals surface area (Å²) in [5.41, 5.74) is 9.49. The van der Waals surface area contributed by atoms with E-state index in [4.69, 9.17) is 44.4 Å². The summed E-state index contributed by atoms with van der Waals surface area (Å²) < 4.78 is 62.0. The lowest BCUT2D eigenvalue weighted by Gasteiger charge is -2.29. The van der Waals surface area contributed by atoms with Crippen LogP contribution >= 0.6 is 15.6 Å². The predicted molar refractivity (Wildman–Crippen MR) is 177 cm³/mol. The third-order valence-electron chi connectivity index (χ3n) is 8.19. The smallest absolute Gasteiger partial charge is 0.469 e. The average Bonchev–Trinajstić information content (AvgIpc) is 3.73. The Kier molecular flexibility index (Phi) is 12.8. The molecule has 5 heterocycles. The summed E-state index contributed by atoms with van der Waals surface area (Å²) >= 11 is 0. The number of aromatic amines is 1. The van der Waals surface area contributed by atoms with Crippen molar-refractivity contribution in [1.82, 2.24) is 34.2 Å². The molecule has 11 N–H and O–H groups in total. The molecule has 0 aromatic carbocycles. The molecule has 294 valence electrons. The number of phosphoric ester groups is 1. The summed E-state index contributed by atoms with van der Waals surface area (Å²) in [4.78, 5) is 68.7. The second kappa shape index (κ2) is 16.8. The number of ether oxygens (including phenoxy) is 3. The van der Waals surface area contributed by atoms with E-state index in [0.29, 0.717) is 12.8 Å². The zero-order valence-electron chi connectivity index (χ0n) is 27.8. The van der Waals surface area contributed by atoms with Gasteiger partial charge in [-0.1, -0.05) is 6.42 Å². The monoisotopic (exact) mass is 795 g/mol. The lowest BCUT2D eigenvalue weighted by Crippen LogP contribution is -2.39. The van der Waals surface area contributed by atoms with Crippen LogP contribution in [-0.4, -0.2) is 124 Å². The number of nitrogen functional groups attached to an aromatic ring is 2. The van der Waals surface area contributed by atoms with Crippen molar-refractivity contribution >= 4 is 44.5 Å². The third-order valence-corrected chi connectivity index (χ3v) is 10.3. The van der Waals surface area contributed by atoms with Crippen LogP contribution in [0.5, 0.6) is 0 Å².